The molecular weight excluding hydrogens is 267 g/mol. The molecule has 0 spiro atoms. The molecule has 0 bridgehead atoms. The Labute approximate surface area is 114 Å². The number of H-pyrrole nitrogens is 1. The van der Waals surface area contributed by atoms with Crippen LogP contribution in [0.5, 0.6) is 0 Å². The van der Waals surface area contributed by atoms with Crippen LogP contribution < -0.4 is 5.32 Å². The number of aromatic nitrogens is 1. The maximum absolute atomic E-state index is 13.4. The van der Waals surface area contributed by atoms with Crippen LogP contribution in [0.15, 0.2) is 30.5 Å². The predicted octanol–water partition coefficient (Wildman–Crippen LogP) is 2.68. The molecule has 108 valence electrons. The standard InChI is InChI=1S/C14H16F3N3/c15-14(16,17)13(20-7-5-18-6-8-20)11-1-2-12-10(9-11)3-4-19-12/h1-4,9,13,18-19H,5-8H2/t13-/m1/s1. The molecule has 1 aromatic heterocycles. The summed E-state index contributed by atoms with van der Waals surface area (Å²) in [5, 5.41) is 3.90. The maximum atomic E-state index is 13.4. The quantitative estimate of drug-likeness (QED) is 0.888. The Balaban J connectivity index is 1.99. The first-order chi connectivity index (χ1) is 9.55. The normalized spacial score (nSPS) is 19.4. The third-order valence-electron chi connectivity index (χ3n) is 3.72. The molecule has 20 heavy (non-hydrogen) atoms. The van der Waals surface area contributed by atoms with Crippen molar-refractivity contribution in [3.8, 4) is 0 Å². The van der Waals surface area contributed by atoms with E-state index >= 15 is 0 Å². The Hall–Kier alpha value is -1.53. The van der Waals surface area contributed by atoms with Crippen molar-refractivity contribution in [1.82, 2.24) is 15.2 Å². The molecular formula is C14H16F3N3. The highest BCUT2D eigenvalue weighted by molar-refractivity contribution is 5.80. The van der Waals surface area contributed by atoms with Crippen LogP contribution in [0.25, 0.3) is 10.9 Å². The summed E-state index contributed by atoms with van der Waals surface area (Å²) in [7, 11) is 0. The van der Waals surface area contributed by atoms with Gasteiger partial charge in [0.25, 0.3) is 0 Å². The van der Waals surface area contributed by atoms with Crippen LogP contribution in [0.3, 0.4) is 0 Å². The van der Waals surface area contributed by atoms with Gasteiger partial charge in [0.2, 0.25) is 0 Å². The second-order valence-electron chi connectivity index (χ2n) is 5.05. The average Bonchev–Trinajstić information content (AvgIpc) is 2.86. The van der Waals surface area contributed by atoms with Crippen molar-refractivity contribution in [3.63, 3.8) is 0 Å². The van der Waals surface area contributed by atoms with Crippen molar-refractivity contribution in [2.75, 3.05) is 26.2 Å². The summed E-state index contributed by atoms with van der Waals surface area (Å²) in [4.78, 5) is 4.50. The Morgan fingerprint density at radius 2 is 1.85 bits per heavy atom. The van der Waals surface area contributed by atoms with Crippen molar-refractivity contribution in [3.05, 3.63) is 36.0 Å². The van der Waals surface area contributed by atoms with Crippen LogP contribution in [0, 0.1) is 0 Å². The molecule has 2 aromatic rings. The highest BCUT2D eigenvalue weighted by Crippen LogP contribution is 2.38. The van der Waals surface area contributed by atoms with Crippen LogP contribution in [0.4, 0.5) is 13.2 Å². The van der Waals surface area contributed by atoms with E-state index in [9.17, 15) is 13.2 Å². The van der Waals surface area contributed by atoms with Gasteiger partial charge in [-0.2, -0.15) is 13.2 Å². The number of rotatable bonds is 2. The number of aromatic amines is 1. The Bertz CT molecular complexity index is 585. The van der Waals surface area contributed by atoms with E-state index < -0.39 is 12.2 Å². The van der Waals surface area contributed by atoms with E-state index in [0.717, 1.165) is 10.9 Å². The van der Waals surface area contributed by atoms with Gasteiger partial charge in [-0.25, -0.2) is 0 Å². The van der Waals surface area contributed by atoms with Gasteiger partial charge in [-0.1, -0.05) is 6.07 Å². The number of nitrogens with one attached hydrogen (secondary N) is 2. The third kappa shape index (κ3) is 2.53. The minimum Gasteiger partial charge on any atom is -0.361 e. The molecule has 1 aliphatic rings. The first-order valence-electron chi connectivity index (χ1n) is 6.64. The predicted molar refractivity (Wildman–Crippen MR) is 71.5 cm³/mol. The lowest BCUT2D eigenvalue weighted by atomic mass is 10.0. The topological polar surface area (TPSA) is 31.1 Å². The summed E-state index contributed by atoms with van der Waals surface area (Å²) in [6.07, 6.45) is -2.52. The number of benzene rings is 1. The SMILES string of the molecule is FC(F)(F)[C@@H](c1ccc2[nH]ccc2c1)N1CCNCC1. The number of piperazine rings is 1. The lowest BCUT2D eigenvalue weighted by molar-refractivity contribution is -0.187. The fraction of sp³-hybridized carbons (Fsp3) is 0.429. The number of alkyl halides is 3. The largest absolute Gasteiger partial charge is 0.408 e. The van der Waals surface area contributed by atoms with Gasteiger partial charge in [-0.05, 0) is 29.1 Å². The lowest BCUT2D eigenvalue weighted by Gasteiger charge is -2.36. The van der Waals surface area contributed by atoms with Gasteiger partial charge in [-0.15, -0.1) is 0 Å². The lowest BCUT2D eigenvalue weighted by Crippen LogP contribution is -2.49. The molecule has 0 saturated carbocycles. The summed E-state index contributed by atoms with van der Waals surface area (Å²) in [5.41, 5.74) is 1.17. The second kappa shape index (κ2) is 5.10. The first kappa shape index (κ1) is 13.5. The van der Waals surface area contributed by atoms with Crippen LogP contribution in [-0.2, 0) is 0 Å². The van der Waals surface area contributed by atoms with Crippen molar-refractivity contribution < 1.29 is 13.2 Å². The first-order valence-corrected chi connectivity index (χ1v) is 6.64. The van der Waals surface area contributed by atoms with Crippen LogP contribution in [-0.4, -0.2) is 42.2 Å². The Morgan fingerprint density at radius 3 is 2.55 bits per heavy atom. The minimum absolute atomic E-state index is 0.312. The monoisotopic (exact) mass is 283 g/mol. The van der Waals surface area contributed by atoms with Crippen molar-refractivity contribution >= 4 is 10.9 Å². The number of halogens is 3. The molecule has 3 rings (SSSR count). The molecule has 1 saturated heterocycles. The van der Waals surface area contributed by atoms with E-state index in [0.29, 0.717) is 31.7 Å². The molecule has 3 nitrogen and oxygen atoms in total. The molecule has 6 heteroatoms. The van der Waals surface area contributed by atoms with Gasteiger partial charge < -0.3 is 10.3 Å². The summed E-state index contributed by atoms with van der Waals surface area (Å²) in [6.45, 7) is 2.02. The van der Waals surface area contributed by atoms with Gasteiger partial charge in [0.1, 0.15) is 6.04 Å². The summed E-state index contributed by atoms with van der Waals surface area (Å²) in [6, 6.07) is 5.18. The van der Waals surface area contributed by atoms with Gasteiger partial charge in [0.15, 0.2) is 0 Å². The Morgan fingerprint density at radius 1 is 1.10 bits per heavy atom. The molecule has 1 aliphatic heterocycles. The molecule has 1 atom stereocenters. The van der Waals surface area contributed by atoms with E-state index in [1.54, 1.807) is 30.5 Å². The smallest absolute Gasteiger partial charge is 0.361 e. The average molecular weight is 283 g/mol. The highest BCUT2D eigenvalue weighted by Gasteiger charge is 2.44. The maximum Gasteiger partial charge on any atom is 0.408 e. The fourth-order valence-electron chi connectivity index (χ4n) is 2.79. The van der Waals surface area contributed by atoms with E-state index in [4.69, 9.17) is 0 Å². The van der Waals surface area contributed by atoms with Gasteiger partial charge in [0.05, 0.1) is 0 Å². The summed E-state index contributed by atoms with van der Waals surface area (Å²) in [5.74, 6) is 0. The molecule has 0 aliphatic carbocycles. The highest BCUT2D eigenvalue weighted by atomic mass is 19.4. The number of hydrogen-bond acceptors (Lipinski definition) is 2. The van der Waals surface area contributed by atoms with E-state index in [2.05, 4.69) is 10.3 Å². The molecule has 0 radical (unpaired) electrons. The van der Waals surface area contributed by atoms with Crippen LogP contribution >= 0.6 is 0 Å². The van der Waals surface area contributed by atoms with Crippen molar-refractivity contribution in [1.29, 1.82) is 0 Å². The third-order valence-corrected chi connectivity index (χ3v) is 3.72. The molecule has 1 aromatic carbocycles. The fourth-order valence-corrected chi connectivity index (χ4v) is 2.79. The Kier molecular flexibility index (Phi) is 3.43. The zero-order chi connectivity index (χ0) is 14.2. The number of fused-ring (bicyclic) bond motifs is 1. The zero-order valence-electron chi connectivity index (χ0n) is 10.9. The van der Waals surface area contributed by atoms with Crippen LogP contribution in [0.2, 0.25) is 0 Å². The van der Waals surface area contributed by atoms with E-state index in [1.807, 2.05) is 0 Å². The van der Waals surface area contributed by atoms with E-state index in [1.165, 1.54) is 4.90 Å². The summed E-state index contributed by atoms with van der Waals surface area (Å²) < 4.78 is 40.3. The van der Waals surface area contributed by atoms with Crippen molar-refractivity contribution in [2.45, 2.75) is 12.2 Å². The molecule has 0 unspecified atom stereocenters. The molecule has 0 amide bonds. The number of nitrogens with zero attached hydrogens (tertiary/aromatic N) is 1. The molecule has 2 heterocycles. The second-order valence-corrected chi connectivity index (χ2v) is 5.05. The molecule has 2 N–H and O–H groups in total. The van der Waals surface area contributed by atoms with Gasteiger partial charge >= 0.3 is 6.18 Å². The zero-order valence-corrected chi connectivity index (χ0v) is 10.9. The van der Waals surface area contributed by atoms with E-state index in [-0.39, 0.29) is 0 Å². The van der Waals surface area contributed by atoms with Crippen LogP contribution in [0.1, 0.15) is 11.6 Å². The minimum atomic E-state index is -4.26. The van der Waals surface area contributed by atoms with Gasteiger partial charge in [0, 0.05) is 37.9 Å². The summed E-state index contributed by atoms with van der Waals surface area (Å²) >= 11 is 0. The van der Waals surface area contributed by atoms with Gasteiger partial charge in [-0.3, -0.25) is 4.90 Å². The number of hydrogen-bond donors (Lipinski definition) is 2. The van der Waals surface area contributed by atoms with Crippen molar-refractivity contribution in [2.24, 2.45) is 0 Å². The molecule has 1 fully saturated rings.